The van der Waals surface area contributed by atoms with Crippen LogP contribution in [0.1, 0.15) is 25.2 Å². The van der Waals surface area contributed by atoms with Gasteiger partial charge in [0.05, 0.1) is 17.3 Å². The van der Waals surface area contributed by atoms with Crippen molar-refractivity contribution in [1.82, 2.24) is 26.4 Å². The van der Waals surface area contributed by atoms with Crippen molar-refractivity contribution in [3.63, 3.8) is 0 Å². The van der Waals surface area contributed by atoms with Gasteiger partial charge in [0.2, 0.25) is 5.96 Å². The maximum atomic E-state index is 13.4. The molecule has 176 valence electrons. The molecule has 1 heterocycles. The Morgan fingerprint density at radius 3 is 2.70 bits per heavy atom. The standard InChI is InChI=1S/C17H15ClF4N8O3/c1-8(2)26-16(25-7-23)24-6-12-13(29-33-28-12)14(30-32-15(31)17(20,21)22)27-9-3-4-11(19)10(18)5-9/h3-5,8H,6H2,1-2H3,(H,27,30)(H2,24,25,26). The third-order valence-corrected chi connectivity index (χ3v) is 3.67. The quantitative estimate of drug-likeness (QED) is 0.143. The van der Waals surface area contributed by atoms with Gasteiger partial charge in [0.15, 0.2) is 17.7 Å². The molecule has 0 saturated heterocycles. The summed E-state index contributed by atoms with van der Waals surface area (Å²) in [5.41, 5.74) is 1.38. The van der Waals surface area contributed by atoms with E-state index in [9.17, 15) is 22.4 Å². The summed E-state index contributed by atoms with van der Waals surface area (Å²) in [5.74, 6) is -3.80. The van der Waals surface area contributed by atoms with Crippen LogP contribution in [0.5, 0.6) is 0 Å². The van der Waals surface area contributed by atoms with Crippen molar-refractivity contribution >= 4 is 35.1 Å². The predicted octanol–water partition coefficient (Wildman–Crippen LogP) is 2.48. The Kier molecular flexibility index (Phi) is 8.51. The lowest BCUT2D eigenvalue weighted by atomic mass is 10.3. The SMILES string of the molecule is CC(C)NC(=NCc1nonc1C(=Nc1ccc(F)c(Cl)c1)NOC(=O)C(F)(F)F)NC#N. The molecule has 2 rings (SSSR count). The lowest BCUT2D eigenvalue weighted by molar-refractivity contribution is -0.203. The maximum absolute atomic E-state index is 13.4. The first-order valence-corrected chi connectivity index (χ1v) is 9.24. The molecule has 0 spiro atoms. The van der Waals surface area contributed by atoms with E-state index < -0.39 is 23.8 Å². The Hall–Kier alpha value is -3.93. The number of carbonyl (C=O) groups is 1. The van der Waals surface area contributed by atoms with Crippen LogP contribution < -0.4 is 16.1 Å². The van der Waals surface area contributed by atoms with Gasteiger partial charge in [0, 0.05) is 6.04 Å². The van der Waals surface area contributed by atoms with Gasteiger partial charge in [-0.15, -0.1) is 0 Å². The van der Waals surface area contributed by atoms with Gasteiger partial charge in [-0.05, 0) is 37.2 Å². The molecule has 33 heavy (non-hydrogen) atoms. The fraction of sp³-hybridized carbons (Fsp3) is 0.294. The highest BCUT2D eigenvalue weighted by atomic mass is 35.5. The number of hydrogen-bond donors (Lipinski definition) is 3. The van der Waals surface area contributed by atoms with Gasteiger partial charge < -0.3 is 10.2 Å². The highest BCUT2D eigenvalue weighted by Gasteiger charge is 2.42. The first-order valence-electron chi connectivity index (χ1n) is 8.87. The van der Waals surface area contributed by atoms with Crippen molar-refractivity contribution in [2.24, 2.45) is 9.98 Å². The fourth-order valence-corrected chi connectivity index (χ4v) is 2.23. The fourth-order valence-electron chi connectivity index (χ4n) is 2.05. The lowest BCUT2D eigenvalue weighted by Crippen LogP contribution is -2.39. The molecule has 0 aliphatic carbocycles. The number of carbonyl (C=O) groups excluding carboxylic acids is 1. The summed E-state index contributed by atoms with van der Waals surface area (Å²) >= 11 is 5.69. The van der Waals surface area contributed by atoms with Gasteiger partial charge in [-0.2, -0.15) is 23.9 Å². The zero-order valence-corrected chi connectivity index (χ0v) is 17.6. The second-order valence-electron chi connectivity index (χ2n) is 6.31. The molecule has 3 N–H and O–H groups in total. The van der Waals surface area contributed by atoms with Crippen LogP contribution in [0.25, 0.3) is 0 Å². The molecular weight excluding hydrogens is 476 g/mol. The Labute approximate surface area is 188 Å². The summed E-state index contributed by atoms with van der Waals surface area (Å²) in [4.78, 5) is 23.1. The normalized spacial score (nSPS) is 12.3. The van der Waals surface area contributed by atoms with E-state index in [1.54, 1.807) is 25.5 Å². The molecule has 1 aromatic carbocycles. The molecule has 0 amide bonds. The molecule has 0 unspecified atom stereocenters. The smallest absolute Gasteiger partial charge is 0.353 e. The molecule has 0 radical (unpaired) electrons. The van der Waals surface area contributed by atoms with Gasteiger partial charge in [-0.25, -0.2) is 23.8 Å². The number of alkyl halides is 3. The number of halogens is 5. The van der Waals surface area contributed by atoms with E-state index in [0.717, 1.165) is 18.2 Å². The number of nitrogens with zero attached hydrogens (tertiary/aromatic N) is 5. The lowest BCUT2D eigenvalue weighted by Gasteiger charge is -2.11. The maximum Gasteiger partial charge on any atom is 0.493 e. The van der Waals surface area contributed by atoms with Gasteiger partial charge in [-0.3, -0.25) is 5.32 Å². The molecule has 0 aliphatic heterocycles. The Bertz CT molecular complexity index is 1090. The van der Waals surface area contributed by atoms with Gasteiger partial charge in [0.25, 0.3) is 0 Å². The number of nitriles is 1. The van der Waals surface area contributed by atoms with Crippen molar-refractivity contribution in [1.29, 1.82) is 5.26 Å². The molecule has 11 nitrogen and oxygen atoms in total. The largest absolute Gasteiger partial charge is 0.493 e. The topological polar surface area (TPSA) is 150 Å². The Morgan fingerprint density at radius 2 is 2.09 bits per heavy atom. The monoisotopic (exact) mass is 490 g/mol. The number of hydrogen-bond acceptors (Lipinski definition) is 8. The Morgan fingerprint density at radius 1 is 1.36 bits per heavy atom. The zero-order valence-electron chi connectivity index (χ0n) is 16.9. The minimum Gasteiger partial charge on any atom is -0.353 e. The van der Waals surface area contributed by atoms with E-state index in [1.165, 1.54) is 0 Å². The summed E-state index contributed by atoms with van der Waals surface area (Å²) < 4.78 is 55.6. The number of guanidine groups is 1. The van der Waals surface area contributed by atoms with Crippen LogP contribution in [0.3, 0.4) is 0 Å². The van der Waals surface area contributed by atoms with Crippen molar-refractivity contribution < 1.29 is 31.8 Å². The van der Waals surface area contributed by atoms with Crippen LogP contribution in [-0.4, -0.2) is 40.3 Å². The minimum absolute atomic E-state index is 0.0299. The van der Waals surface area contributed by atoms with E-state index in [2.05, 4.69) is 40.4 Å². The van der Waals surface area contributed by atoms with Gasteiger partial charge in [0.1, 0.15) is 11.5 Å². The van der Waals surface area contributed by atoms with Crippen LogP contribution in [0, 0.1) is 17.3 Å². The van der Waals surface area contributed by atoms with Crippen LogP contribution in [0.4, 0.5) is 23.2 Å². The number of hydroxylamine groups is 1. The number of aliphatic imine (C=N–C) groups is 2. The van der Waals surface area contributed by atoms with Gasteiger partial charge in [-0.1, -0.05) is 16.8 Å². The van der Waals surface area contributed by atoms with Crippen LogP contribution >= 0.6 is 11.6 Å². The number of amidine groups is 1. The molecule has 0 fully saturated rings. The predicted molar refractivity (Wildman–Crippen MR) is 105 cm³/mol. The van der Waals surface area contributed by atoms with Crippen molar-refractivity contribution in [3.8, 4) is 6.19 Å². The van der Waals surface area contributed by atoms with Crippen LogP contribution in [0.2, 0.25) is 5.02 Å². The van der Waals surface area contributed by atoms with E-state index in [4.69, 9.17) is 16.9 Å². The zero-order chi connectivity index (χ0) is 24.6. The second kappa shape index (κ2) is 11.1. The molecular formula is C17H15ClF4N8O3. The van der Waals surface area contributed by atoms with Crippen LogP contribution in [0.15, 0.2) is 32.8 Å². The number of nitrogens with one attached hydrogen (secondary N) is 3. The third-order valence-electron chi connectivity index (χ3n) is 3.38. The number of benzene rings is 1. The Balaban J connectivity index is 2.40. The first-order chi connectivity index (χ1) is 15.5. The first kappa shape index (κ1) is 25.3. The van der Waals surface area contributed by atoms with Crippen LogP contribution in [-0.2, 0) is 16.2 Å². The van der Waals surface area contributed by atoms with Crippen molar-refractivity contribution in [2.45, 2.75) is 32.6 Å². The molecule has 2 aromatic rings. The summed E-state index contributed by atoms with van der Waals surface area (Å²) in [7, 11) is 0. The molecule has 0 aliphatic rings. The summed E-state index contributed by atoms with van der Waals surface area (Å²) in [6.07, 6.45) is -3.61. The number of aromatic nitrogens is 2. The molecule has 0 bridgehead atoms. The highest BCUT2D eigenvalue weighted by Crippen LogP contribution is 2.23. The molecule has 16 heteroatoms. The summed E-state index contributed by atoms with van der Waals surface area (Å²) in [5, 5.41) is 20.8. The van der Waals surface area contributed by atoms with E-state index in [1.807, 2.05) is 0 Å². The third kappa shape index (κ3) is 7.61. The summed E-state index contributed by atoms with van der Waals surface area (Å²) in [6.45, 7) is 3.30. The minimum atomic E-state index is -5.30. The summed E-state index contributed by atoms with van der Waals surface area (Å²) in [6, 6.07) is 3.09. The van der Waals surface area contributed by atoms with Crippen molar-refractivity contribution in [3.05, 3.63) is 40.4 Å². The van der Waals surface area contributed by atoms with Gasteiger partial charge >= 0.3 is 12.1 Å². The molecule has 0 atom stereocenters. The van der Waals surface area contributed by atoms with E-state index >= 15 is 0 Å². The highest BCUT2D eigenvalue weighted by molar-refractivity contribution is 6.31. The van der Waals surface area contributed by atoms with E-state index in [-0.39, 0.29) is 40.6 Å². The average molecular weight is 491 g/mol. The van der Waals surface area contributed by atoms with Crippen molar-refractivity contribution in [2.75, 3.05) is 0 Å². The molecule has 0 saturated carbocycles. The average Bonchev–Trinajstić information content (AvgIpc) is 3.19. The molecule has 1 aromatic heterocycles. The second-order valence-corrected chi connectivity index (χ2v) is 6.72. The van der Waals surface area contributed by atoms with E-state index in [0.29, 0.717) is 0 Å². The number of rotatable bonds is 5.